The van der Waals surface area contributed by atoms with E-state index in [2.05, 4.69) is 15.3 Å². The lowest BCUT2D eigenvalue weighted by atomic mass is 9.84. The summed E-state index contributed by atoms with van der Waals surface area (Å²) < 4.78 is 40.4. The third kappa shape index (κ3) is 5.90. The van der Waals surface area contributed by atoms with Crippen molar-refractivity contribution < 1.29 is 27.6 Å². The molecule has 9 nitrogen and oxygen atoms in total. The van der Waals surface area contributed by atoms with E-state index in [1.807, 2.05) is 12.1 Å². The van der Waals surface area contributed by atoms with Crippen LogP contribution in [0.2, 0.25) is 5.02 Å². The highest BCUT2D eigenvalue weighted by molar-refractivity contribution is 6.32. The Kier molecular flexibility index (Phi) is 8.37. The van der Waals surface area contributed by atoms with E-state index in [1.54, 1.807) is 12.1 Å². The molecule has 2 aromatic carbocycles. The SMILES string of the molecule is N#Cc1ccnc(N2CCCC2=O)n1.O=CN(c1cccc(F)c1)[C@]1(C(=O)NC2CC(F)(F)C2)CCc2cccc(Cl)c21. The van der Waals surface area contributed by atoms with Crippen LogP contribution in [-0.4, -0.2) is 46.7 Å². The number of nitrogens with zero attached hydrogens (tertiary/aromatic N) is 5. The van der Waals surface area contributed by atoms with Crippen molar-refractivity contribution in [3.05, 3.63) is 82.4 Å². The minimum absolute atomic E-state index is 0.0279. The number of carbonyl (C=O) groups excluding carboxylic acids is 3. The van der Waals surface area contributed by atoms with E-state index in [-0.39, 0.29) is 28.7 Å². The number of halogens is 4. The normalized spacial score (nSPS) is 20.3. The van der Waals surface area contributed by atoms with Crippen molar-refractivity contribution in [3.8, 4) is 6.07 Å². The Balaban J connectivity index is 0.000000220. The van der Waals surface area contributed by atoms with Gasteiger partial charge in [0.25, 0.3) is 11.8 Å². The van der Waals surface area contributed by atoms with E-state index in [1.165, 1.54) is 35.4 Å². The predicted octanol–water partition coefficient (Wildman–Crippen LogP) is 4.67. The lowest BCUT2D eigenvalue weighted by Crippen LogP contribution is -2.60. The lowest BCUT2D eigenvalue weighted by Gasteiger charge is -2.42. The Morgan fingerprint density at radius 1 is 1.19 bits per heavy atom. The number of fused-ring (bicyclic) bond motifs is 1. The molecule has 2 fully saturated rings. The molecule has 0 bridgehead atoms. The molecule has 6 rings (SSSR count). The van der Waals surface area contributed by atoms with Crippen LogP contribution in [0.4, 0.5) is 24.8 Å². The average molecular weight is 611 g/mol. The number of nitriles is 1. The molecular formula is C30H26ClF3N6O3. The smallest absolute Gasteiger partial charge is 0.252 e. The average Bonchev–Trinajstić information content (AvgIpc) is 3.58. The monoisotopic (exact) mass is 610 g/mol. The van der Waals surface area contributed by atoms with Crippen molar-refractivity contribution in [1.29, 1.82) is 5.26 Å². The van der Waals surface area contributed by atoms with Crippen LogP contribution in [0.5, 0.6) is 0 Å². The summed E-state index contributed by atoms with van der Waals surface area (Å²) in [4.78, 5) is 47.5. The first-order chi connectivity index (χ1) is 20.6. The van der Waals surface area contributed by atoms with Crippen LogP contribution in [0.1, 0.15) is 48.9 Å². The number of nitrogens with one attached hydrogen (secondary N) is 1. The molecule has 13 heteroatoms. The number of amides is 3. The molecule has 2 heterocycles. The van der Waals surface area contributed by atoms with E-state index in [9.17, 15) is 27.6 Å². The van der Waals surface area contributed by atoms with Crippen LogP contribution in [0.3, 0.4) is 0 Å². The van der Waals surface area contributed by atoms with Gasteiger partial charge in [-0.15, -0.1) is 0 Å². The van der Waals surface area contributed by atoms with Gasteiger partial charge in [-0.1, -0.05) is 29.8 Å². The summed E-state index contributed by atoms with van der Waals surface area (Å²) in [7, 11) is 0. The summed E-state index contributed by atoms with van der Waals surface area (Å²) in [5.41, 5.74) is 0.154. The van der Waals surface area contributed by atoms with Crippen molar-refractivity contribution in [2.24, 2.45) is 0 Å². The van der Waals surface area contributed by atoms with Crippen molar-refractivity contribution in [2.75, 3.05) is 16.3 Å². The molecule has 0 unspecified atom stereocenters. The topological polar surface area (TPSA) is 119 Å². The van der Waals surface area contributed by atoms with Crippen LogP contribution in [-0.2, 0) is 26.3 Å². The second kappa shape index (κ2) is 12.0. The molecule has 1 aromatic heterocycles. The van der Waals surface area contributed by atoms with Gasteiger partial charge in [0.1, 0.15) is 17.6 Å². The fraction of sp³-hybridized carbons (Fsp3) is 0.333. The van der Waals surface area contributed by atoms with Gasteiger partial charge in [-0.25, -0.2) is 23.1 Å². The molecule has 3 aliphatic rings. The van der Waals surface area contributed by atoms with Gasteiger partial charge in [-0.2, -0.15) is 5.26 Å². The molecule has 1 N–H and O–H groups in total. The van der Waals surface area contributed by atoms with Crippen molar-refractivity contribution in [1.82, 2.24) is 15.3 Å². The highest BCUT2D eigenvalue weighted by Gasteiger charge is 2.54. The summed E-state index contributed by atoms with van der Waals surface area (Å²) in [6, 6.07) is 13.2. The number of aromatic nitrogens is 2. The first-order valence-corrected chi connectivity index (χ1v) is 14.0. The fourth-order valence-corrected chi connectivity index (χ4v) is 6.07. The largest absolute Gasteiger partial charge is 0.351 e. The maximum Gasteiger partial charge on any atom is 0.252 e. The van der Waals surface area contributed by atoms with Gasteiger partial charge in [-0.05, 0) is 55.2 Å². The van der Waals surface area contributed by atoms with E-state index < -0.39 is 42.1 Å². The van der Waals surface area contributed by atoms with Crippen LogP contribution in [0.25, 0.3) is 0 Å². The molecule has 222 valence electrons. The molecular weight excluding hydrogens is 585 g/mol. The summed E-state index contributed by atoms with van der Waals surface area (Å²) in [5, 5.41) is 11.6. The second-order valence-corrected chi connectivity index (χ2v) is 10.9. The summed E-state index contributed by atoms with van der Waals surface area (Å²) in [6.45, 7) is 0.647. The Morgan fingerprint density at radius 3 is 2.60 bits per heavy atom. The molecule has 1 saturated carbocycles. The predicted molar refractivity (Wildman–Crippen MR) is 151 cm³/mol. The van der Waals surface area contributed by atoms with Gasteiger partial charge >= 0.3 is 0 Å². The second-order valence-electron chi connectivity index (χ2n) is 10.5. The minimum Gasteiger partial charge on any atom is -0.351 e. The zero-order valence-electron chi connectivity index (χ0n) is 22.8. The van der Waals surface area contributed by atoms with Crippen LogP contribution in [0, 0.1) is 17.1 Å². The molecule has 3 amide bonds. The maximum absolute atomic E-state index is 13.9. The molecule has 43 heavy (non-hydrogen) atoms. The number of hydrogen-bond acceptors (Lipinski definition) is 6. The highest BCUT2D eigenvalue weighted by Crippen LogP contribution is 2.47. The minimum atomic E-state index is -2.80. The van der Waals surface area contributed by atoms with Crippen molar-refractivity contribution in [3.63, 3.8) is 0 Å². The summed E-state index contributed by atoms with van der Waals surface area (Å²) in [6.07, 6.45) is 3.09. The Bertz CT molecular complexity index is 1610. The molecule has 3 aromatic rings. The van der Waals surface area contributed by atoms with Crippen molar-refractivity contribution in [2.45, 2.75) is 56.0 Å². The quantitative estimate of drug-likeness (QED) is 0.405. The van der Waals surface area contributed by atoms with E-state index >= 15 is 0 Å². The van der Waals surface area contributed by atoms with E-state index in [0.29, 0.717) is 37.3 Å². The highest BCUT2D eigenvalue weighted by atomic mass is 35.5. The number of hydrogen-bond donors (Lipinski definition) is 1. The third-order valence-electron chi connectivity index (χ3n) is 7.75. The standard InChI is InChI=1S/C21H18ClF3N2O2.C9H8N4O/c22-17-6-1-3-13-7-8-21(18(13)17,19(29)26-15-10-20(24,25)11-15)27(12-28)16-5-2-4-14(23)9-16;10-6-7-3-4-11-9(12-7)13-5-1-2-8(13)14/h1-6,9,12,15H,7-8,10-11H2,(H,26,29);3-4H,1-2,5H2/t21-;/m1./s1. The van der Waals surface area contributed by atoms with Gasteiger partial charge in [0, 0.05) is 54.3 Å². The van der Waals surface area contributed by atoms with Gasteiger partial charge in [-0.3, -0.25) is 24.2 Å². The fourth-order valence-electron chi connectivity index (χ4n) is 5.72. The molecule has 0 radical (unpaired) electrons. The van der Waals surface area contributed by atoms with E-state index in [0.717, 1.165) is 23.0 Å². The summed E-state index contributed by atoms with van der Waals surface area (Å²) in [5.74, 6) is -3.60. The number of anilines is 2. The van der Waals surface area contributed by atoms with Crippen LogP contribution >= 0.6 is 11.6 Å². The maximum atomic E-state index is 13.9. The number of benzene rings is 2. The van der Waals surface area contributed by atoms with Crippen LogP contribution < -0.4 is 15.1 Å². The zero-order chi connectivity index (χ0) is 30.8. The first-order valence-electron chi connectivity index (χ1n) is 13.6. The first kappa shape index (κ1) is 30.0. The molecule has 1 aliphatic heterocycles. The number of rotatable bonds is 6. The molecule has 1 saturated heterocycles. The summed E-state index contributed by atoms with van der Waals surface area (Å²) >= 11 is 6.43. The van der Waals surface area contributed by atoms with Gasteiger partial charge in [0.05, 0.1) is 0 Å². The van der Waals surface area contributed by atoms with Crippen molar-refractivity contribution >= 4 is 41.5 Å². The molecule has 2 aliphatic carbocycles. The van der Waals surface area contributed by atoms with Gasteiger partial charge in [0.15, 0.2) is 5.54 Å². The van der Waals surface area contributed by atoms with E-state index in [4.69, 9.17) is 16.9 Å². The number of carbonyl (C=O) groups is 3. The number of aryl methyl sites for hydroxylation is 1. The third-order valence-corrected chi connectivity index (χ3v) is 8.06. The lowest BCUT2D eigenvalue weighted by molar-refractivity contribution is -0.135. The van der Waals surface area contributed by atoms with Gasteiger partial charge in [0.2, 0.25) is 18.3 Å². The molecule has 1 atom stereocenters. The Labute approximate surface area is 250 Å². The molecule has 0 spiro atoms. The number of alkyl halides is 2. The van der Waals surface area contributed by atoms with Gasteiger partial charge < -0.3 is 5.32 Å². The Morgan fingerprint density at radius 2 is 1.95 bits per heavy atom. The van der Waals surface area contributed by atoms with Crippen LogP contribution in [0.15, 0.2) is 54.7 Å². The zero-order valence-corrected chi connectivity index (χ0v) is 23.5. The Hall–Kier alpha value is -4.50.